The quantitative estimate of drug-likeness (QED) is 0.780. The van der Waals surface area contributed by atoms with E-state index in [0.717, 1.165) is 31.6 Å². The summed E-state index contributed by atoms with van der Waals surface area (Å²) in [6.07, 6.45) is 4.15. The highest BCUT2D eigenvalue weighted by molar-refractivity contribution is 5.86. The van der Waals surface area contributed by atoms with Crippen LogP contribution in [0.25, 0.3) is 0 Å². The molecule has 100 valence electrons. The fraction of sp³-hybridized carbons (Fsp3) is 0.750. The Kier molecular flexibility index (Phi) is 3.96. The molecule has 0 atom stereocenters. The van der Waals surface area contributed by atoms with Gasteiger partial charge in [-0.05, 0) is 52.2 Å². The highest BCUT2D eigenvalue weighted by atomic mass is 16.4. The molecule has 0 saturated heterocycles. The summed E-state index contributed by atoms with van der Waals surface area (Å²) in [5, 5.41) is 16.9. The summed E-state index contributed by atoms with van der Waals surface area (Å²) in [6.45, 7) is 1.70. The van der Waals surface area contributed by atoms with E-state index >= 15 is 0 Å². The van der Waals surface area contributed by atoms with Gasteiger partial charge in [-0.3, -0.25) is 0 Å². The monoisotopic (exact) mass is 252 g/mol. The van der Waals surface area contributed by atoms with Crippen LogP contribution in [0.4, 0.5) is 0 Å². The second-order valence-electron chi connectivity index (χ2n) is 5.22. The lowest BCUT2D eigenvalue weighted by Gasteiger charge is -2.10. The number of hydrogen-bond acceptors (Lipinski definition) is 4. The first-order valence-corrected chi connectivity index (χ1v) is 6.38. The summed E-state index contributed by atoms with van der Waals surface area (Å²) >= 11 is 0. The Labute approximate surface area is 107 Å². The van der Waals surface area contributed by atoms with Gasteiger partial charge in [-0.1, -0.05) is 5.21 Å². The van der Waals surface area contributed by atoms with E-state index in [2.05, 4.69) is 15.2 Å². The largest absolute Gasteiger partial charge is 0.476 e. The number of carboxylic acids is 1. The molecule has 0 amide bonds. The van der Waals surface area contributed by atoms with E-state index in [9.17, 15) is 4.79 Å². The Hall–Kier alpha value is -1.43. The Balaban J connectivity index is 2.05. The van der Waals surface area contributed by atoms with E-state index in [1.807, 2.05) is 14.1 Å². The van der Waals surface area contributed by atoms with Crippen molar-refractivity contribution in [1.29, 1.82) is 0 Å². The van der Waals surface area contributed by atoms with Crippen molar-refractivity contribution in [2.75, 3.05) is 20.6 Å². The van der Waals surface area contributed by atoms with Crippen LogP contribution >= 0.6 is 0 Å². The molecule has 1 aromatic heterocycles. The molecule has 0 bridgehead atoms. The summed E-state index contributed by atoms with van der Waals surface area (Å²) < 4.78 is 1.77. The first-order chi connectivity index (χ1) is 8.58. The Bertz CT molecular complexity index is 424. The minimum absolute atomic E-state index is 0.131. The predicted octanol–water partition coefficient (Wildman–Crippen LogP) is 0.880. The molecule has 6 heteroatoms. The van der Waals surface area contributed by atoms with Gasteiger partial charge >= 0.3 is 5.97 Å². The zero-order chi connectivity index (χ0) is 13.1. The fourth-order valence-electron chi connectivity index (χ4n) is 2.01. The number of aromatic nitrogens is 3. The lowest BCUT2D eigenvalue weighted by molar-refractivity contribution is 0.0689. The van der Waals surface area contributed by atoms with Gasteiger partial charge in [0.25, 0.3) is 0 Å². The topological polar surface area (TPSA) is 71.2 Å². The van der Waals surface area contributed by atoms with Crippen molar-refractivity contribution in [3.63, 3.8) is 0 Å². The third-order valence-corrected chi connectivity index (χ3v) is 3.19. The summed E-state index contributed by atoms with van der Waals surface area (Å²) in [5.74, 6) is -0.335. The number of aryl methyl sites for hydroxylation is 1. The zero-order valence-corrected chi connectivity index (χ0v) is 11.0. The summed E-state index contributed by atoms with van der Waals surface area (Å²) in [6, 6.07) is 0. The molecule has 1 heterocycles. The number of nitrogens with zero attached hydrogens (tertiary/aromatic N) is 4. The minimum atomic E-state index is -0.968. The highest BCUT2D eigenvalue weighted by Crippen LogP contribution is 2.33. The maximum atomic E-state index is 11.1. The molecule has 1 aliphatic carbocycles. The van der Waals surface area contributed by atoms with E-state index in [-0.39, 0.29) is 5.69 Å². The number of hydrogen-bond donors (Lipinski definition) is 1. The van der Waals surface area contributed by atoms with Gasteiger partial charge in [0.1, 0.15) is 0 Å². The molecule has 1 aliphatic rings. The number of aromatic carboxylic acids is 1. The second-order valence-corrected chi connectivity index (χ2v) is 5.22. The molecular formula is C12H20N4O2. The normalized spacial score (nSPS) is 15.3. The van der Waals surface area contributed by atoms with Crippen LogP contribution in [0, 0.1) is 5.92 Å². The molecule has 0 spiro atoms. The molecule has 1 aromatic rings. The molecule has 0 unspecified atom stereocenters. The van der Waals surface area contributed by atoms with E-state index in [4.69, 9.17) is 5.11 Å². The third-order valence-electron chi connectivity index (χ3n) is 3.19. The first kappa shape index (κ1) is 13.0. The standard InChI is InChI=1S/C12H20N4O2/c1-15(2)6-3-7-16-10(8-9-4-5-9)11(12(17)18)13-14-16/h9H,3-8H2,1-2H3,(H,17,18). The Morgan fingerprint density at radius 1 is 1.50 bits per heavy atom. The van der Waals surface area contributed by atoms with Crippen LogP contribution in [0.1, 0.15) is 35.4 Å². The molecule has 6 nitrogen and oxygen atoms in total. The SMILES string of the molecule is CN(C)CCCn1nnc(C(=O)O)c1CC1CC1. The summed E-state index contributed by atoms with van der Waals surface area (Å²) in [5.41, 5.74) is 0.926. The van der Waals surface area contributed by atoms with Crippen LogP contribution in [0.15, 0.2) is 0 Å². The van der Waals surface area contributed by atoms with Gasteiger partial charge in [0, 0.05) is 6.54 Å². The summed E-state index contributed by atoms with van der Waals surface area (Å²) in [7, 11) is 4.05. The Morgan fingerprint density at radius 3 is 2.78 bits per heavy atom. The maximum absolute atomic E-state index is 11.1. The molecule has 0 radical (unpaired) electrons. The van der Waals surface area contributed by atoms with Gasteiger partial charge in [-0.2, -0.15) is 0 Å². The van der Waals surface area contributed by atoms with Crippen molar-refractivity contribution >= 4 is 5.97 Å². The van der Waals surface area contributed by atoms with Gasteiger partial charge in [0.05, 0.1) is 5.69 Å². The van der Waals surface area contributed by atoms with Crippen LogP contribution in [-0.2, 0) is 13.0 Å². The fourth-order valence-corrected chi connectivity index (χ4v) is 2.01. The van der Waals surface area contributed by atoms with Crippen molar-refractivity contribution in [3.8, 4) is 0 Å². The lowest BCUT2D eigenvalue weighted by Crippen LogP contribution is -2.17. The van der Waals surface area contributed by atoms with Gasteiger partial charge < -0.3 is 10.0 Å². The number of carboxylic acid groups (broad SMARTS) is 1. The molecule has 1 N–H and O–H groups in total. The first-order valence-electron chi connectivity index (χ1n) is 6.38. The molecule has 1 saturated carbocycles. The van der Waals surface area contributed by atoms with Crippen molar-refractivity contribution in [1.82, 2.24) is 19.9 Å². The molecule has 0 aromatic carbocycles. The van der Waals surface area contributed by atoms with E-state index in [0.29, 0.717) is 5.92 Å². The van der Waals surface area contributed by atoms with Crippen molar-refractivity contribution in [2.24, 2.45) is 5.92 Å². The van der Waals surface area contributed by atoms with Gasteiger partial charge in [0.15, 0.2) is 5.69 Å². The number of carbonyl (C=O) groups is 1. The average Bonchev–Trinajstić information content (AvgIpc) is 3.00. The second kappa shape index (κ2) is 5.48. The summed E-state index contributed by atoms with van der Waals surface area (Å²) in [4.78, 5) is 13.2. The van der Waals surface area contributed by atoms with E-state index in [1.165, 1.54) is 12.8 Å². The predicted molar refractivity (Wildman–Crippen MR) is 66.6 cm³/mol. The van der Waals surface area contributed by atoms with Crippen LogP contribution < -0.4 is 0 Å². The molecule has 1 fully saturated rings. The third kappa shape index (κ3) is 3.29. The highest BCUT2D eigenvalue weighted by Gasteiger charge is 2.27. The number of rotatable bonds is 7. The lowest BCUT2D eigenvalue weighted by atomic mass is 10.2. The van der Waals surface area contributed by atoms with Gasteiger partial charge in [-0.25, -0.2) is 9.48 Å². The Morgan fingerprint density at radius 2 is 2.22 bits per heavy atom. The van der Waals surface area contributed by atoms with Crippen LogP contribution in [0.2, 0.25) is 0 Å². The smallest absolute Gasteiger partial charge is 0.358 e. The van der Waals surface area contributed by atoms with E-state index in [1.54, 1.807) is 4.68 Å². The van der Waals surface area contributed by atoms with Crippen molar-refractivity contribution in [3.05, 3.63) is 11.4 Å². The molecular weight excluding hydrogens is 232 g/mol. The minimum Gasteiger partial charge on any atom is -0.476 e. The van der Waals surface area contributed by atoms with Crippen LogP contribution in [-0.4, -0.2) is 51.6 Å². The van der Waals surface area contributed by atoms with Gasteiger partial charge in [-0.15, -0.1) is 5.10 Å². The molecule has 2 rings (SSSR count). The van der Waals surface area contributed by atoms with Crippen molar-refractivity contribution < 1.29 is 9.90 Å². The average molecular weight is 252 g/mol. The van der Waals surface area contributed by atoms with Crippen LogP contribution in [0.5, 0.6) is 0 Å². The van der Waals surface area contributed by atoms with Gasteiger partial charge in [0.2, 0.25) is 0 Å². The molecule has 0 aliphatic heterocycles. The maximum Gasteiger partial charge on any atom is 0.358 e. The van der Waals surface area contributed by atoms with Crippen LogP contribution in [0.3, 0.4) is 0 Å². The van der Waals surface area contributed by atoms with E-state index < -0.39 is 5.97 Å². The molecule has 18 heavy (non-hydrogen) atoms. The van der Waals surface area contributed by atoms with Crippen molar-refractivity contribution in [2.45, 2.75) is 32.2 Å². The zero-order valence-electron chi connectivity index (χ0n) is 11.0.